The second kappa shape index (κ2) is 3.59. The van der Waals surface area contributed by atoms with E-state index in [0.717, 1.165) is 6.61 Å². The topological polar surface area (TPSA) is 12.5 Å². The Morgan fingerprint density at radius 1 is 1.00 bits per heavy atom. The standard InChI is InChI=1S/C8H16BNO/c1-2-6-10(7-3-1)9-5-4-8-11-9/h1-8H2. The van der Waals surface area contributed by atoms with E-state index in [0.29, 0.717) is 7.05 Å². The third kappa shape index (κ3) is 1.77. The molecule has 11 heavy (non-hydrogen) atoms. The average Bonchev–Trinajstić information content (AvgIpc) is 2.58. The smallest absolute Gasteiger partial charge is 0.382 e. The SMILES string of the molecule is C1CCN(B2CCCO2)CC1. The van der Waals surface area contributed by atoms with Crippen LogP contribution in [0.15, 0.2) is 0 Å². The monoisotopic (exact) mass is 153 g/mol. The molecule has 2 saturated heterocycles. The first kappa shape index (κ1) is 7.62. The highest BCUT2D eigenvalue weighted by atomic mass is 16.4. The largest absolute Gasteiger partial charge is 0.421 e. The lowest BCUT2D eigenvalue weighted by Gasteiger charge is -2.28. The Bertz CT molecular complexity index is 119. The summed E-state index contributed by atoms with van der Waals surface area (Å²) in [5.41, 5.74) is 0. The number of hydrogen-bond donors (Lipinski definition) is 0. The molecule has 2 aliphatic heterocycles. The highest BCUT2D eigenvalue weighted by Gasteiger charge is 2.29. The van der Waals surface area contributed by atoms with E-state index in [-0.39, 0.29) is 0 Å². The van der Waals surface area contributed by atoms with Gasteiger partial charge >= 0.3 is 7.05 Å². The molecule has 0 atom stereocenters. The van der Waals surface area contributed by atoms with Crippen molar-refractivity contribution in [3.05, 3.63) is 0 Å². The van der Waals surface area contributed by atoms with E-state index in [4.69, 9.17) is 4.65 Å². The zero-order valence-electron chi connectivity index (χ0n) is 7.09. The molecule has 0 aromatic heterocycles. The summed E-state index contributed by atoms with van der Waals surface area (Å²) in [6.07, 6.45) is 6.70. The van der Waals surface area contributed by atoms with Gasteiger partial charge in [-0.1, -0.05) is 6.42 Å². The van der Waals surface area contributed by atoms with Crippen molar-refractivity contribution in [2.75, 3.05) is 19.7 Å². The van der Waals surface area contributed by atoms with Crippen molar-refractivity contribution in [2.45, 2.75) is 32.0 Å². The van der Waals surface area contributed by atoms with Gasteiger partial charge in [0.2, 0.25) is 0 Å². The second-order valence-corrected chi connectivity index (χ2v) is 3.56. The molecule has 2 fully saturated rings. The molecule has 62 valence electrons. The van der Waals surface area contributed by atoms with E-state index in [1.807, 2.05) is 0 Å². The molecule has 2 rings (SSSR count). The van der Waals surface area contributed by atoms with Gasteiger partial charge in [-0.15, -0.1) is 0 Å². The normalized spacial score (nSPS) is 27.8. The van der Waals surface area contributed by atoms with Crippen LogP contribution in [0.5, 0.6) is 0 Å². The number of nitrogens with zero attached hydrogens (tertiary/aromatic N) is 1. The molecule has 0 aromatic carbocycles. The van der Waals surface area contributed by atoms with Gasteiger partial charge in [-0.3, -0.25) is 0 Å². The van der Waals surface area contributed by atoms with Gasteiger partial charge in [-0.05, 0) is 38.7 Å². The minimum atomic E-state index is 0.482. The highest BCUT2D eigenvalue weighted by molar-refractivity contribution is 6.49. The van der Waals surface area contributed by atoms with E-state index in [9.17, 15) is 0 Å². The van der Waals surface area contributed by atoms with Gasteiger partial charge in [0, 0.05) is 6.61 Å². The van der Waals surface area contributed by atoms with E-state index < -0.39 is 0 Å². The van der Waals surface area contributed by atoms with Crippen LogP contribution in [0.3, 0.4) is 0 Å². The highest BCUT2D eigenvalue weighted by Crippen LogP contribution is 2.18. The molecule has 0 aliphatic carbocycles. The molecule has 2 aliphatic rings. The molecular weight excluding hydrogens is 137 g/mol. The third-order valence-corrected chi connectivity index (χ3v) is 2.70. The first-order valence-corrected chi connectivity index (χ1v) is 4.82. The molecular formula is C8H16BNO. The molecule has 0 amide bonds. The van der Waals surface area contributed by atoms with Crippen LogP contribution < -0.4 is 0 Å². The predicted octanol–water partition coefficient (Wildman–Crippen LogP) is 1.38. The Kier molecular flexibility index (Phi) is 2.49. The second-order valence-electron chi connectivity index (χ2n) is 3.56. The molecule has 0 bridgehead atoms. The van der Waals surface area contributed by atoms with E-state index in [2.05, 4.69) is 4.81 Å². The number of hydrogen-bond acceptors (Lipinski definition) is 2. The summed E-state index contributed by atoms with van der Waals surface area (Å²) < 4.78 is 5.62. The van der Waals surface area contributed by atoms with Gasteiger partial charge in [0.25, 0.3) is 0 Å². The van der Waals surface area contributed by atoms with Crippen molar-refractivity contribution in [1.82, 2.24) is 4.81 Å². The Labute approximate surface area is 69.0 Å². The van der Waals surface area contributed by atoms with Crippen molar-refractivity contribution in [2.24, 2.45) is 0 Å². The Balaban J connectivity index is 1.82. The number of piperidine rings is 1. The van der Waals surface area contributed by atoms with E-state index >= 15 is 0 Å². The molecule has 3 heteroatoms. The maximum Gasteiger partial charge on any atom is 0.382 e. The molecule has 0 spiro atoms. The number of rotatable bonds is 1. The lowest BCUT2D eigenvalue weighted by Crippen LogP contribution is -2.42. The van der Waals surface area contributed by atoms with Crippen molar-refractivity contribution in [3.63, 3.8) is 0 Å². The van der Waals surface area contributed by atoms with Crippen LogP contribution in [0, 0.1) is 0 Å². The molecule has 0 unspecified atom stereocenters. The molecule has 0 radical (unpaired) electrons. The van der Waals surface area contributed by atoms with E-state index in [1.165, 1.54) is 45.1 Å². The van der Waals surface area contributed by atoms with Crippen LogP contribution >= 0.6 is 0 Å². The van der Waals surface area contributed by atoms with Crippen LogP contribution in [0.25, 0.3) is 0 Å². The maximum atomic E-state index is 5.62. The van der Waals surface area contributed by atoms with Crippen molar-refractivity contribution in [1.29, 1.82) is 0 Å². The van der Waals surface area contributed by atoms with Crippen molar-refractivity contribution < 1.29 is 4.65 Å². The summed E-state index contributed by atoms with van der Waals surface area (Å²) in [7, 11) is 0.482. The fourth-order valence-corrected chi connectivity index (χ4v) is 2.05. The van der Waals surface area contributed by atoms with Crippen LogP contribution in [-0.4, -0.2) is 31.6 Å². The molecule has 2 heterocycles. The summed E-state index contributed by atoms with van der Waals surface area (Å²) in [5.74, 6) is 0. The van der Waals surface area contributed by atoms with Crippen LogP contribution in [0.2, 0.25) is 6.32 Å². The first-order chi connectivity index (χ1) is 5.47. The summed E-state index contributed by atoms with van der Waals surface area (Å²) in [6.45, 7) is 3.52. The average molecular weight is 153 g/mol. The zero-order valence-corrected chi connectivity index (χ0v) is 7.09. The summed E-state index contributed by atoms with van der Waals surface area (Å²) in [6, 6.07) is 0. The van der Waals surface area contributed by atoms with Gasteiger partial charge < -0.3 is 9.47 Å². The fourth-order valence-electron chi connectivity index (χ4n) is 2.05. The third-order valence-electron chi connectivity index (χ3n) is 2.70. The zero-order chi connectivity index (χ0) is 7.52. The summed E-state index contributed by atoms with van der Waals surface area (Å²) in [5, 5.41) is 0. The summed E-state index contributed by atoms with van der Waals surface area (Å²) in [4.78, 5) is 2.51. The van der Waals surface area contributed by atoms with Gasteiger partial charge in [0.15, 0.2) is 0 Å². The Morgan fingerprint density at radius 2 is 1.82 bits per heavy atom. The molecule has 2 nitrogen and oxygen atoms in total. The van der Waals surface area contributed by atoms with Crippen LogP contribution in [-0.2, 0) is 4.65 Å². The van der Waals surface area contributed by atoms with Gasteiger partial charge in [0.05, 0.1) is 0 Å². The van der Waals surface area contributed by atoms with Gasteiger partial charge in [0.1, 0.15) is 0 Å². The molecule has 0 aromatic rings. The fraction of sp³-hybridized carbons (Fsp3) is 1.00. The minimum Gasteiger partial charge on any atom is -0.421 e. The molecule has 0 N–H and O–H groups in total. The Hall–Kier alpha value is -0.0151. The van der Waals surface area contributed by atoms with Crippen molar-refractivity contribution in [3.8, 4) is 0 Å². The first-order valence-electron chi connectivity index (χ1n) is 4.82. The lowest BCUT2D eigenvalue weighted by molar-refractivity contribution is 0.268. The maximum absolute atomic E-state index is 5.62. The summed E-state index contributed by atoms with van der Waals surface area (Å²) >= 11 is 0. The minimum absolute atomic E-state index is 0.482. The molecule has 0 saturated carbocycles. The van der Waals surface area contributed by atoms with Gasteiger partial charge in [-0.2, -0.15) is 0 Å². The quantitative estimate of drug-likeness (QED) is 0.527. The Morgan fingerprint density at radius 3 is 2.45 bits per heavy atom. The van der Waals surface area contributed by atoms with Gasteiger partial charge in [-0.25, -0.2) is 0 Å². The van der Waals surface area contributed by atoms with Crippen LogP contribution in [0.1, 0.15) is 25.7 Å². The van der Waals surface area contributed by atoms with E-state index in [1.54, 1.807) is 0 Å². The van der Waals surface area contributed by atoms with Crippen molar-refractivity contribution >= 4 is 7.05 Å². The van der Waals surface area contributed by atoms with Crippen LogP contribution in [0.4, 0.5) is 0 Å². The lowest BCUT2D eigenvalue weighted by atomic mass is 9.76. The predicted molar refractivity (Wildman–Crippen MR) is 46.6 cm³/mol.